The van der Waals surface area contributed by atoms with Crippen LogP contribution in [0.15, 0.2) is 30.3 Å². The minimum Gasteiger partial charge on any atom is -0.415 e. The highest BCUT2D eigenvalue weighted by Crippen LogP contribution is 2.09. The summed E-state index contributed by atoms with van der Waals surface area (Å²) in [5, 5.41) is 0. The third-order valence-corrected chi connectivity index (χ3v) is 1.02. The minimum atomic E-state index is -0.814. The van der Waals surface area contributed by atoms with Gasteiger partial charge in [-0.15, -0.1) is 0 Å². The molecular weight excluding hydrogens is 192 g/mol. The fourth-order valence-electron chi connectivity index (χ4n) is 0.581. The van der Waals surface area contributed by atoms with E-state index in [1.165, 1.54) is 0 Å². The van der Waals surface area contributed by atoms with Crippen LogP contribution in [0.25, 0.3) is 0 Å². The van der Waals surface area contributed by atoms with Gasteiger partial charge < -0.3 is 9.47 Å². The molecule has 0 aliphatic rings. The van der Waals surface area contributed by atoms with Crippen LogP contribution in [0.5, 0.6) is 5.75 Å². The molecule has 0 heterocycles. The minimum absolute atomic E-state index is 0.461. The molecular formula is C9H11ClO3. The SMILES string of the molecule is COC.O=C(Cl)Oc1ccccc1. The molecule has 0 fully saturated rings. The molecule has 13 heavy (non-hydrogen) atoms. The van der Waals surface area contributed by atoms with E-state index in [9.17, 15) is 4.79 Å². The number of rotatable bonds is 1. The van der Waals surface area contributed by atoms with Gasteiger partial charge in [0.15, 0.2) is 0 Å². The van der Waals surface area contributed by atoms with Gasteiger partial charge in [-0.3, -0.25) is 0 Å². The summed E-state index contributed by atoms with van der Waals surface area (Å²) < 4.78 is 8.79. The van der Waals surface area contributed by atoms with E-state index in [-0.39, 0.29) is 0 Å². The topological polar surface area (TPSA) is 35.5 Å². The summed E-state index contributed by atoms with van der Waals surface area (Å²) in [6.07, 6.45) is 0. The standard InChI is InChI=1S/C7H5ClO2.C2H6O/c8-7(9)10-6-4-2-1-3-5-6;1-3-2/h1-5H;1-2H3. The fraction of sp³-hybridized carbons (Fsp3) is 0.222. The van der Waals surface area contributed by atoms with Gasteiger partial charge >= 0.3 is 5.43 Å². The maximum atomic E-state index is 10.2. The van der Waals surface area contributed by atoms with Crippen LogP contribution in [0.3, 0.4) is 0 Å². The zero-order valence-electron chi connectivity index (χ0n) is 7.49. The number of methoxy groups -OCH3 is 1. The van der Waals surface area contributed by atoms with E-state index in [2.05, 4.69) is 9.47 Å². The molecule has 0 bridgehead atoms. The zero-order valence-corrected chi connectivity index (χ0v) is 8.25. The number of ether oxygens (including phenoxy) is 2. The number of carbonyl (C=O) groups is 1. The highest BCUT2D eigenvalue weighted by Gasteiger charge is 1.95. The van der Waals surface area contributed by atoms with Crippen LogP contribution >= 0.6 is 11.6 Å². The molecule has 0 saturated carbocycles. The van der Waals surface area contributed by atoms with Crippen LogP contribution in [0, 0.1) is 0 Å². The third-order valence-electron chi connectivity index (χ3n) is 0.941. The van der Waals surface area contributed by atoms with Gasteiger partial charge in [-0.05, 0) is 12.1 Å². The Labute approximate surface area is 82.2 Å². The molecule has 0 N–H and O–H groups in total. The summed E-state index contributed by atoms with van der Waals surface area (Å²) in [5.41, 5.74) is -0.814. The molecule has 1 rings (SSSR count). The Morgan fingerprint density at radius 2 is 1.69 bits per heavy atom. The lowest BCUT2D eigenvalue weighted by atomic mass is 10.3. The first-order valence-electron chi connectivity index (χ1n) is 3.53. The number of para-hydroxylation sites is 1. The molecule has 0 unspecified atom stereocenters. The van der Waals surface area contributed by atoms with E-state index >= 15 is 0 Å². The molecule has 3 nitrogen and oxygen atoms in total. The van der Waals surface area contributed by atoms with Crippen molar-refractivity contribution in [2.24, 2.45) is 0 Å². The maximum Gasteiger partial charge on any atom is 0.409 e. The van der Waals surface area contributed by atoms with Gasteiger partial charge in [-0.25, -0.2) is 4.79 Å². The van der Waals surface area contributed by atoms with Crippen LogP contribution in [-0.2, 0) is 4.74 Å². The summed E-state index contributed by atoms with van der Waals surface area (Å²) >= 11 is 4.95. The number of benzene rings is 1. The molecule has 0 aromatic heterocycles. The zero-order chi connectivity index (χ0) is 10.1. The summed E-state index contributed by atoms with van der Waals surface area (Å²) in [6.45, 7) is 0. The molecule has 0 radical (unpaired) electrons. The second-order valence-electron chi connectivity index (χ2n) is 2.06. The van der Waals surface area contributed by atoms with E-state index in [0.29, 0.717) is 5.75 Å². The van der Waals surface area contributed by atoms with Crippen molar-refractivity contribution in [2.45, 2.75) is 0 Å². The van der Waals surface area contributed by atoms with Crippen molar-refractivity contribution in [3.63, 3.8) is 0 Å². The van der Waals surface area contributed by atoms with Crippen molar-refractivity contribution in [1.29, 1.82) is 0 Å². The number of hydrogen-bond acceptors (Lipinski definition) is 3. The number of carbonyl (C=O) groups excluding carboxylic acids is 1. The van der Waals surface area contributed by atoms with Crippen molar-refractivity contribution in [1.82, 2.24) is 0 Å². The molecule has 72 valence electrons. The van der Waals surface area contributed by atoms with Gasteiger partial charge in [0, 0.05) is 25.8 Å². The van der Waals surface area contributed by atoms with E-state index in [0.717, 1.165) is 0 Å². The summed E-state index contributed by atoms with van der Waals surface area (Å²) in [4.78, 5) is 10.2. The Morgan fingerprint density at radius 3 is 2.08 bits per heavy atom. The highest BCUT2D eigenvalue weighted by molar-refractivity contribution is 6.61. The van der Waals surface area contributed by atoms with Crippen LogP contribution in [0.4, 0.5) is 4.79 Å². The quantitative estimate of drug-likeness (QED) is 0.657. The second-order valence-corrected chi connectivity index (χ2v) is 2.37. The first-order valence-corrected chi connectivity index (χ1v) is 3.91. The Hall–Kier alpha value is -1.06. The lowest BCUT2D eigenvalue weighted by Crippen LogP contribution is -1.94. The molecule has 1 aromatic rings. The van der Waals surface area contributed by atoms with Crippen molar-refractivity contribution in [2.75, 3.05) is 14.2 Å². The molecule has 1 aromatic carbocycles. The Bertz CT molecular complexity index is 236. The van der Waals surface area contributed by atoms with Crippen LogP contribution in [0.2, 0.25) is 0 Å². The second kappa shape index (κ2) is 7.58. The van der Waals surface area contributed by atoms with Crippen molar-refractivity contribution >= 4 is 17.0 Å². The van der Waals surface area contributed by atoms with Gasteiger partial charge in [0.05, 0.1) is 0 Å². The monoisotopic (exact) mass is 202 g/mol. The Morgan fingerprint density at radius 1 is 1.23 bits per heavy atom. The molecule has 4 heteroatoms. The van der Waals surface area contributed by atoms with Gasteiger partial charge in [-0.1, -0.05) is 18.2 Å². The van der Waals surface area contributed by atoms with Crippen LogP contribution in [-0.4, -0.2) is 19.6 Å². The van der Waals surface area contributed by atoms with E-state index in [4.69, 9.17) is 11.6 Å². The summed E-state index contributed by atoms with van der Waals surface area (Å²) in [6, 6.07) is 8.65. The van der Waals surface area contributed by atoms with Crippen molar-refractivity contribution in [3.05, 3.63) is 30.3 Å². The van der Waals surface area contributed by atoms with E-state index in [1.54, 1.807) is 38.5 Å². The van der Waals surface area contributed by atoms with Gasteiger partial charge in [0.1, 0.15) is 5.75 Å². The van der Waals surface area contributed by atoms with E-state index in [1.807, 2.05) is 6.07 Å². The van der Waals surface area contributed by atoms with Crippen LogP contribution in [0.1, 0.15) is 0 Å². The average molecular weight is 203 g/mol. The van der Waals surface area contributed by atoms with Gasteiger partial charge in [-0.2, -0.15) is 0 Å². The average Bonchev–Trinajstić information content (AvgIpc) is 2.06. The highest BCUT2D eigenvalue weighted by atomic mass is 35.5. The summed E-state index contributed by atoms with van der Waals surface area (Å²) in [5.74, 6) is 0.461. The molecule has 0 spiro atoms. The third kappa shape index (κ3) is 7.31. The van der Waals surface area contributed by atoms with Gasteiger partial charge in [0.2, 0.25) is 0 Å². The van der Waals surface area contributed by atoms with E-state index < -0.39 is 5.43 Å². The Balaban J connectivity index is 0.000000424. The number of halogens is 1. The largest absolute Gasteiger partial charge is 0.415 e. The fourth-order valence-corrected chi connectivity index (χ4v) is 0.670. The lowest BCUT2D eigenvalue weighted by molar-refractivity contribution is 0.225. The molecule has 0 aliphatic heterocycles. The van der Waals surface area contributed by atoms with Crippen molar-refractivity contribution < 1.29 is 14.3 Å². The number of hydrogen-bond donors (Lipinski definition) is 0. The predicted octanol–water partition coefficient (Wildman–Crippen LogP) is 2.69. The lowest BCUT2D eigenvalue weighted by Gasteiger charge is -1.95. The molecule has 0 aliphatic carbocycles. The van der Waals surface area contributed by atoms with Crippen LogP contribution < -0.4 is 4.74 Å². The smallest absolute Gasteiger partial charge is 0.409 e. The molecule has 0 amide bonds. The normalized spacial score (nSPS) is 8.23. The van der Waals surface area contributed by atoms with Gasteiger partial charge in [0.25, 0.3) is 0 Å². The predicted molar refractivity (Wildman–Crippen MR) is 51.3 cm³/mol. The molecule has 0 saturated heterocycles. The first kappa shape index (κ1) is 11.9. The molecule has 0 atom stereocenters. The van der Waals surface area contributed by atoms with Crippen molar-refractivity contribution in [3.8, 4) is 5.75 Å². The summed E-state index contributed by atoms with van der Waals surface area (Å²) in [7, 11) is 3.25. The first-order chi connectivity index (χ1) is 6.20. The Kier molecular flexibility index (Phi) is 6.96. The maximum absolute atomic E-state index is 10.2.